The van der Waals surface area contributed by atoms with Gasteiger partial charge < -0.3 is 9.52 Å². The highest BCUT2D eigenvalue weighted by Crippen LogP contribution is 2.22. The summed E-state index contributed by atoms with van der Waals surface area (Å²) in [5, 5.41) is 14.2. The van der Waals surface area contributed by atoms with Crippen molar-refractivity contribution in [1.82, 2.24) is 10.4 Å². The van der Waals surface area contributed by atoms with Crippen LogP contribution >= 0.6 is 11.8 Å². The quantitative estimate of drug-likeness (QED) is 0.423. The van der Waals surface area contributed by atoms with Gasteiger partial charge in [-0.2, -0.15) is 5.10 Å². The smallest absolute Gasteiger partial charge is 0.257 e. The molecule has 0 radical (unpaired) electrons. The molecule has 0 saturated carbocycles. The Bertz CT molecular complexity index is 872. The zero-order valence-electron chi connectivity index (χ0n) is 12.9. The molecule has 3 rings (SSSR count). The number of hydrogen-bond acceptors (Lipinski definition) is 6. The molecule has 24 heavy (non-hydrogen) atoms. The summed E-state index contributed by atoms with van der Waals surface area (Å²) in [7, 11) is 0. The van der Waals surface area contributed by atoms with Crippen molar-refractivity contribution in [2.45, 2.75) is 12.1 Å². The first-order chi connectivity index (χ1) is 11.6. The molecule has 3 aromatic rings. The number of carbonyl (C=O) groups is 1. The Kier molecular flexibility index (Phi) is 4.81. The van der Waals surface area contributed by atoms with Crippen LogP contribution in [-0.4, -0.2) is 27.5 Å². The van der Waals surface area contributed by atoms with Crippen LogP contribution in [0.1, 0.15) is 12.5 Å². The van der Waals surface area contributed by atoms with E-state index in [1.165, 1.54) is 11.8 Å². The maximum absolute atomic E-state index is 11.9. The summed E-state index contributed by atoms with van der Waals surface area (Å²) in [5.74, 6) is -0.0319. The van der Waals surface area contributed by atoms with Gasteiger partial charge in [0.25, 0.3) is 11.1 Å². The highest BCUT2D eigenvalue weighted by atomic mass is 32.2. The van der Waals surface area contributed by atoms with Gasteiger partial charge in [0.05, 0.1) is 11.5 Å². The van der Waals surface area contributed by atoms with Crippen LogP contribution in [0.5, 0.6) is 5.75 Å². The highest BCUT2D eigenvalue weighted by molar-refractivity contribution is 7.99. The van der Waals surface area contributed by atoms with E-state index in [2.05, 4.69) is 15.5 Å². The number of nitrogens with zero attached hydrogens (tertiary/aromatic N) is 2. The Morgan fingerprint density at radius 2 is 2.00 bits per heavy atom. The molecule has 0 unspecified atom stereocenters. The monoisotopic (exact) mass is 341 g/mol. The molecule has 0 bridgehead atoms. The molecule has 1 aromatic heterocycles. The summed E-state index contributed by atoms with van der Waals surface area (Å²) < 4.78 is 5.53. The summed E-state index contributed by atoms with van der Waals surface area (Å²) in [6.07, 6.45) is 0. The van der Waals surface area contributed by atoms with E-state index in [0.29, 0.717) is 22.1 Å². The van der Waals surface area contributed by atoms with Crippen molar-refractivity contribution in [3.8, 4) is 5.75 Å². The van der Waals surface area contributed by atoms with Crippen molar-refractivity contribution in [3.63, 3.8) is 0 Å². The lowest BCUT2D eigenvalue weighted by Crippen LogP contribution is -2.21. The van der Waals surface area contributed by atoms with Crippen molar-refractivity contribution < 1.29 is 14.3 Å². The number of phenols is 1. The first-order valence-electron chi connectivity index (χ1n) is 7.23. The number of hydrogen-bond donors (Lipinski definition) is 2. The molecule has 6 nitrogen and oxygen atoms in total. The average molecular weight is 341 g/mol. The summed E-state index contributed by atoms with van der Waals surface area (Å²) in [6.45, 7) is 1.71. The number of nitrogens with one attached hydrogen (secondary N) is 1. The summed E-state index contributed by atoms with van der Waals surface area (Å²) in [4.78, 5) is 16.2. The number of benzene rings is 2. The van der Waals surface area contributed by atoms with E-state index in [0.717, 1.165) is 5.52 Å². The van der Waals surface area contributed by atoms with Gasteiger partial charge in [0.15, 0.2) is 5.58 Å². The number of phenolic OH excluding ortho intramolecular Hbond substituents is 1. The van der Waals surface area contributed by atoms with E-state index < -0.39 is 0 Å². The normalized spacial score (nSPS) is 11.6. The van der Waals surface area contributed by atoms with Crippen molar-refractivity contribution in [1.29, 1.82) is 0 Å². The molecule has 7 heteroatoms. The third kappa shape index (κ3) is 3.75. The number of thioether (sulfide) groups is 1. The lowest BCUT2D eigenvalue weighted by atomic mass is 10.1. The van der Waals surface area contributed by atoms with Gasteiger partial charge in [-0.15, -0.1) is 0 Å². The highest BCUT2D eigenvalue weighted by Gasteiger charge is 2.09. The van der Waals surface area contributed by atoms with Crippen LogP contribution in [0.2, 0.25) is 0 Å². The molecule has 0 atom stereocenters. The van der Waals surface area contributed by atoms with E-state index >= 15 is 0 Å². The van der Waals surface area contributed by atoms with Crippen LogP contribution in [0.25, 0.3) is 11.1 Å². The summed E-state index contributed by atoms with van der Waals surface area (Å²) >= 11 is 1.20. The van der Waals surface area contributed by atoms with Crippen molar-refractivity contribution in [3.05, 3.63) is 54.1 Å². The minimum atomic E-state index is -0.281. The molecule has 2 N–H and O–H groups in total. The second kappa shape index (κ2) is 7.18. The van der Waals surface area contributed by atoms with Crippen molar-refractivity contribution >= 4 is 34.5 Å². The molecule has 0 fully saturated rings. The summed E-state index contributed by atoms with van der Waals surface area (Å²) in [6, 6.07) is 14.2. The molecular weight excluding hydrogens is 326 g/mol. The van der Waals surface area contributed by atoms with Crippen molar-refractivity contribution in [2.75, 3.05) is 5.75 Å². The molecular formula is C17H15N3O3S. The van der Waals surface area contributed by atoms with Gasteiger partial charge in [-0.05, 0) is 31.2 Å². The predicted octanol–water partition coefficient (Wildman–Crippen LogP) is 3.17. The van der Waals surface area contributed by atoms with Crippen LogP contribution in [0, 0.1) is 0 Å². The fourth-order valence-electron chi connectivity index (χ4n) is 2.06. The predicted molar refractivity (Wildman–Crippen MR) is 93.2 cm³/mol. The maximum atomic E-state index is 11.9. The van der Waals surface area contributed by atoms with Crippen LogP contribution < -0.4 is 5.43 Å². The Morgan fingerprint density at radius 1 is 1.25 bits per heavy atom. The molecule has 0 aliphatic carbocycles. The number of aromatic hydroxyl groups is 1. The Labute approximate surface area is 142 Å². The number of rotatable bonds is 5. The van der Waals surface area contributed by atoms with E-state index in [4.69, 9.17) is 4.42 Å². The van der Waals surface area contributed by atoms with Crippen LogP contribution in [0.4, 0.5) is 0 Å². The molecule has 1 amide bonds. The molecule has 0 saturated heterocycles. The number of para-hydroxylation sites is 3. The summed E-state index contributed by atoms with van der Waals surface area (Å²) in [5.41, 5.74) is 5.00. The number of fused-ring (bicyclic) bond motifs is 1. The van der Waals surface area contributed by atoms with Gasteiger partial charge in [-0.3, -0.25) is 4.79 Å². The van der Waals surface area contributed by atoms with E-state index in [1.54, 1.807) is 31.2 Å². The average Bonchev–Trinajstić information content (AvgIpc) is 3.01. The van der Waals surface area contributed by atoms with Crippen molar-refractivity contribution in [2.24, 2.45) is 5.10 Å². The molecule has 0 aliphatic rings. The third-order valence-electron chi connectivity index (χ3n) is 3.24. The zero-order chi connectivity index (χ0) is 16.9. The van der Waals surface area contributed by atoms with E-state index in [9.17, 15) is 9.90 Å². The molecule has 0 aliphatic heterocycles. The number of oxazole rings is 1. The van der Waals surface area contributed by atoms with Crippen LogP contribution in [0.3, 0.4) is 0 Å². The Balaban J connectivity index is 1.57. The SMILES string of the molecule is C/C(=N/NC(=O)CSc1nc2ccccc2o1)c1ccccc1O. The standard InChI is InChI=1S/C17H15N3O3S/c1-11(12-6-2-4-8-14(12)21)19-20-16(22)10-24-17-18-13-7-3-5-9-15(13)23-17/h2-9,21H,10H2,1H3,(H,20,22)/b19-11-. The molecule has 2 aromatic carbocycles. The largest absolute Gasteiger partial charge is 0.507 e. The Morgan fingerprint density at radius 3 is 2.79 bits per heavy atom. The number of aromatic nitrogens is 1. The first-order valence-corrected chi connectivity index (χ1v) is 8.22. The second-order valence-electron chi connectivity index (χ2n) is 4.99. The molecule has 122 valence electrons. The second-order valence-corrected chi connectivity index (χ2v) is 5.91. The van der Waals surface area contributed by atoms with E-state index in [-0.39, 0.29) is 17.4 Å². The number of hydrazone groups is 1. The zero-order valence-corrected chi connectivity index (χ0v) is 13.7. The Hall–Kier alpha value is -2.80. The van der Waals surface area contributed by atoms with Crippen LogP contribution in [-0.2, 0) is 4.79 Å². The minimum Gasteiger partial charge on any atom is -0.507 e. The lowest BCUT2D eigenvalue weighted by molar-refractivity contribution is -0.118. The first kappa shape index (κ1) is 16.1. The van der Waals surface area contributed by atoms with Crippen LogP contribution in [0.15, 0.2) is 63.3 Å². The molecule has 0 spiro atoms. The van der Waals surface area contributed by atoms with Gasteiger partial charge in [-0.1, -0.05) is 36.0 Å². The van der Waals surface area contributed by atoms with Gasteiger partial charge in [0.2, 0.25) is 0 Å². The van der Waals surface area contributed by atoms with Gasteiger partial charge >= 0.3 is 0 Å². The fraction of sp³-hybridized carbons (Fsp3) is 0.118. The maximum Gasteiger partial charge on any atom is 0.257 e. The fourth-order valence-corrected chi connectivity index (χ4v) is 2.69. The molecule has 1 heterocycles. The topological polar surface area (TPSA) is 87.7 Å². The van der Waals surface area contributed by atoms with Gasteiger partial charge in [0.1, 0.15) is 11.3 Å². The lowest BCUT2D eigenvalue weighted by Gasteiger charge is -2.04. The van der Waals surface area contributed by atoms with E-state index in [1.807, 2.05) is 24.3 Å². The minimum absolute atomic E-state index is 0.119. The number of carbonyl (C=O) groups excluding carboxylic acids is 1. The van der Waals surface area contributed by atoms with Gasteiger partial charge in [-0.25, -0.2) is 10.4 Å². The number of amides is 1. The third-order valence-corrected chi connectivity index (χ3v) is 4.07. The van der Waals surface area contributed by atoms with Gasteiger partial charge in [0, 0.05) is 5.56 Å².